The summed E-state index contributed by atoms with van der Waals surface area (Å²) in [6.45, 7) is -0.385. The minimum absolute atomic E-state index is 0.385. The van der Waals surface area contributed by atoms with Gasteiger partial charge in [0.1, 0.15) is 0 Å². The molecule has 0 bridgehead atoms. The van der Waals surface area contributed by atoms with E-state index in [4.69, 9.17) is 13.4 Å². The second-order valence-electron chi connectivity index (χ2n) is 1.15. The molecular formula is C2H6AlNO4. The second kappa shape index (κ2) is 3.83. The molecule has 0 aliphatic carbocycles. The Balaban J connectivity index is 3.05. The van der Waals surface area contributed by atoms with Crippen molar-refractivity contribution >= 4 is 21.0 Å². The maximum atomic E-state index is 9.64. The number of carbonyl (C=O) groups is 1. The average molecular weight is 135 g/mol. The number of hydrogen-bond donors (Lipinski definition) is 4. The monoisotopic (exact) mass is 135 g/mol. The minimum Gasteiger partial charge on any atom is -0.480 e. The predicted octanol–water partition coefficient (Wildman–Crippen LogP) is -2.37. The molecule has 0 saturated heterocycles. The summed E-state index contributed by atoms with van der Waals surface area (Å²) >= 11 is -2.86. The summed E-state index contributed by atoms with van der Waals surface area (Å²) in [5.74, 6) is -1.09. The molecule has 0 fully saturated rings. The Labute approximate surface area is 50.8 Å². The Morgan fingerprint density at radius 3 is 2.25 bits per heavy atom. The normalized spacial score (nSPS) is 8.75. The van der Waals surface area contributed by atoms with Gasteiger partial charge in [0.05, 0.1) is 6.54 Å². The average Bonchev–Trinajstić information content (AvgIpc) is 1.61. The van der Waals surface area contributed by atoms with Crippen LogP contribution in [0.1, 0.15) is 0 Å². The van der Waals surface area contributed by atoms with Crippen molar-refractivity contribution in [3.05, 3.63) is 0 Å². The van der Waals surface area contributed by atoms with Gasteiger partial charge in [-0.1, -0.05) is 0 Å². The molecule has 0 amide bonds. The zero-order valence-corrected chi connectivity index (χ0v) is 5.19. The smallest absolute Gasteiger partial charge is 0.480 e. The number of nitrogens with one attached hydrogen (secondary N) is 1. The van der Waals surface area contributed by atoms with E-state index in [0.717, 1.165) is 0 Å². The van der Waals surface area contributed by atoms with Crippen LogP contribution in [-0.4, -0.2) is 41.0 Å². The SMILES string of the molecule is O=C(O)C[NH][Al]([OH])[OH]. The third-order valence-corrected chi connectivity index (χ3v) is 1.01. The molecule has 4 N–H and O–H groups in total. The van der Waals surface area contributed by atoms with Crippen LogP contribution in [0.2, 0.25) is 0 Å². The summed E-state index contributed by atoms with van der Waals surface area (Å²) in [5, 5.41) is 7.90. The molecule has 6 heteroatoms. The zero-order chi connectivity index (χ0) is 6.57. The van der Waals surface area contributed by atoms with E-state index in [-0.39, 0.29) is 6.54 Å². The molecule has 0 spiro atoms. The van der Waals surface area contributed by atoms with Crippen molar-refractivity contribution in [2.24, 2.45) is 0 Å². The topological polar surface area (TPSA) is 89.8 Å². The quantitative estimate of drug-likeness (QED) is 0.325. The van der Waals surface area contributed by atoms with E-state index in [1.807, 2.05) is 4.30 Å². The summed E-state index contributed by atoms with van der Waals surface area (Å²) in [6.07, 6.45) is 0. The lowest BCUT2D eigenvalue weighted by atomic mass is 10.7. The third-order valence-electron chi connectivity index (χ3n) is 0.436. The highest BCUT2D eigenvalue weighted by molar-refractivity contribution is 6.38. The van der Waals surface area contributed by atoms with Gasteiger partial charge < -0.3 is 17.7 Å². The van der Waals surface area contributed by atoms with Crippen LogP contribution in [0.4, 0.5) is 0 Å². The third kappa shape index (κ3) is 5.88. The van der Waals surface area contributed by atoms with Crippen LogP contribution in [0.15, 0.2) is 0 Å². The van der Waals surface area contributed by atoms with Crippen LogP contribution in [0.3, 0.4) is 0 Å². The fourth-order valence-electron chi connectivity index (χ4n) is 0.179. The molecule has 0 aromatic carbocycles. The summed E-state index contributed by atoms with van der Waals surface area (Å²) in [4.78, 5) is 9.64. The van der Waals surface area contributed by atoms with Gasteiger partial charge in [-0.25, -0.2) is 0 Å². The lowest BCUT2D eigenvalue weighted by molar-refractivity contribution is -0.135. The molecule has 0 aromatic heterocycles. The molecule has 0 aliphatic rings. The number of rotatable bonds is 3. The van der Waals surface area contributed by atoms with Gasteiger partial charge in [0.15, 0.2) is 0 Å². The van der Waals surface area contributed by atoms with Crippen LogP contribution in [0.25, 0.3) is 0 Å². The first-order valence-electron chi connectivity index (χ1n) is 1.94. The molecular weight excluding hydrogens is 129 g/mol. The number of carboxylic acid groups (broad SMARTS) is 1. The largest absolute Gasteiger partial charge is 0.795 e. The van der Waals surface area contributed by atoms with E-state index in [9.17, 15) is 4.79 Å². The molecule has 5 nitrogen and oxygen atoms in total. The summed E-state index contributed by atoms with van der Waals surface area (Å²) < 4.78 is 18.2. The molecule has 0 saturated carbocycles. The van der Waals surface area contributed by atoms with Crippen molar-refractivity contribution in [3.63, 3.8) is 0 Å². The lowest BCUT2D eigenvalue weighted by Gasteiger charge is -1.92. The van der Waals surface area contributed by atoms with E-state index >= 15 is 0 Å². The molecule has 0 unspecified atom stereocenters. The highest BCUT2D eigenvalue weighted by Crippen LogP contribution is 1.59. The second-order valence-corrected chi connectivity index (χ2v) is 2.30. The Morgan fingerprint density at radius 1 is 1.62 bits per heavy atom. The summed E-state index contributed by atoms with van der Waals surface area (Å²) in [6, 6.07) is 0. The molecule has 0 radical (unpaired) electrons. The van der Waals surface area contributed by atoms with Gasteiger partial charge in [0.25, 0.3) is 0 Å². The van der Waals surface area contributed by atoms with Gasteiger partial charge in [-0.3, -0.25) is 4.79 Å². The van der Waals surface area contributed by atoms with Crippen LogP contribution >= 0.6 is 0 Å². The Morgan fingerprint density at radius 2 is 2.12 bits per heavy atom. The van der Waals surface area contributed by atoms with Gasteiger partial charge in [-0.05, 0) is 0 Å². The summed E-state index contributed by atoms with van der Waals surface area (Å²) in [7, 11) is 0. The van der Waals surface area contributed by atoms with Crippen molar-refractivity contribution in [2.75, 3.05) is 6.54 Å². The lowest BCUT2D eigenvalue weighted by Crippen LogP contribution is -2.37. The molecule has 0 aromatic rings. The molecule has 0 rings (SSSR count). The first-order valence-corrected chi connectivity index (χ1v) is 3.55. The van der Waals surface area contributed by atoms with Gasteiger partial charge in [-0.15, -0.1) is 0 Å². The Kier molecular flexibility index (Phi) is 3.78. The number of aliphatic carboxylic acids is 1. The highest BCUT2D eigenvalue weighted by Gasteiger charge is 2.15. The van der Waals surface area contributed by atoms with Gasteiger partial charge in [-0.2, -0.15) is 0 Å². The van der Waals surface area contributed by atoms with Crippen molar-refractivity contribution < 1.29 is 18.2 Å². The maximum Gasteiger partial charge on any atom is 0.795 e. The standard InChI is InChI=1S/C2H4NO2.Al.2H2O/c3-1-2(4)5;;;/h3H,1H2,(H,4,5);;2*1H2/q-1;+3;;/p-2. The van der Waals surface area contributed by atoms with E-state index in [2.05, 4.69) is 0 Å². The van der Waals surface area contributed by atoms with Crippen molar-refractivity contribution in [1.29, 1.82) is 0 Å². The van der Waals surface area contributed by atoms with E-state index in [0.29, 0.717) is 0 Å². The van der Waals surface area contributed by atoms with Crippen molar-refractivity contribution in [2.45, 2.75) is 0 Å². The number of carboxylic acids is 1. The molecule has 0 atom stereocenters. The van der Waals surface area contributed by atoms with Gasteiger partial charge >= 0.3 is 21.0 Å². The molecule has 0 aliphatic heterocycles. The van der Waals surface area contributed by atoms with E-state index in [1.165, 1.54) is 0 Å². The zero-order valence-electron chi connectivity index (χ0n) is 4.03. The van der Waals surface area contributed by atoms with Gasteiger partial charge in [0.2, 0.25) is 0 Å². The maximum absolute atomic E-state index is 9.64. The first kappa shape index (κ1) is 7.88. The number of hydrogen-bond acceptors (Lipinski definition) is 4. The van der Waals surface area contributed by atoms with Crippen molar-refractivity contribution in [1.82, 2.24) is 4.30 Å². The van der Waals surface area contributed by atoms with Crippen LogP contribution in [0, 0.1) is 0 Å². The van der Waals surface area contributed by atoms with Gasteiger partial charge in [0, 0.05) is 0 Å². The Bertz CT molecular complexity index is 84.1. The highest BCUT2D eigenvalue weighted by atomic mass is 27.2. The Hall–Kier alpha value is -0.118. The van der Waals surface area contributed by atoms with E-state index < -0.39 is 21.0 Å². The predicted molar refractivity (Wildman–Crippen MR) is 25.8 cm³/mol. The fraction of sp³-hybridized carbons (Fsp3) is 0.500. The summed E-state index contributed by atoms with van der Waals surface area (Å²) in [5.41, 5.74) is 0. The molecule has 46 valence electrons. The van der Waals surface area contributed by atoms with Crippen LogP contribution in [-0.2, 0) is 4.79 Å². The minimum atomic E-state index is -2.86. The van der Waals surface area contributed by atoms with Crippen LogP contribution < -0.4 is 4.30 Å². The van der Waals surface area contributed by atoms with E-state index in [1.54, 1.807) is 0 Å². The first-order chi connectivity index (χ1) is 3.63. The van der Waals surface area contributed by atoms with Crippen LogP contribution in [0.5, 0.6) is 0 Å². The fourth-order valence-corrected chi connectivity index (χ4v) is 0.536. The van der Waals surface area contributed by atoms with Crippen molar-refractivity contribution in [3.8, 4) is 0 Å². The molecule has 0 heterocycles. The molecule has 8 heavy (non-hydrogen) atoms.